The first-order valence-electron chi connectivity index (χ1n) is 5.17. The lowest BCUT2D eigenvalue weighted by atomic mass is 9.76. The smallest absolute Gasteiger partial charge is 0.273 e. The molecule has 5 nitrogen and oxygen atoms in total. The Morgan fingerprint density at radius 2 is 2.53 bits per heavy atom. The lowest BCUT2D eigenvalue weighted by Crippen LogP contribution is -2.53. The van der Waals surface area contributed by atoms with Gasteiger partial charge < -0.3 is 14.6 Å². The Bertz CT molecular complexity index is 363. The Balaban J connectivity index is 1.60. The fourth-order valence-corrected chi connectivity index (χ4v) is 2.34. The number of fused-ring (bicyclic) bond motifs is 1. The van der Waals surface area contributed by atoms with Gasteiger partial charge in [-0.3, -0.25) is 4.79 Å². The van der Waals surface area contributed by atoms with Gasteiger partial charge in [0.05, 0.1) is 6.10 Å². The summed E-state index contributed by atoms with van der Waals surface area (Å²) in [6.07, 6.45) is 3.74. The van der Waals surface area contributed by atoms with Crippen LogP contribution in [0.3, 0.4) is 0 Å². The number of rotatable bonds is 2. The summed E-state index contributed by atoms with van der Waals surface area (Å²) in [5.41, 5.74) is 0.345. The molecule has 3 atom stereocenters. The third-order valence-corrected chi connectivity index (χ3v) is 3.25. The molecule has 5 heteroatoms. The van der Waals surface area contributed by atoms with E-state index in [1.54, 1.807) is 6.07 Å². The van der Waals surface area contributed by atoms with E-state index in [0.717, 1.165) is 19.4 Å². The molecule has 1 aliphatic heterocycles. The molecule has 0 aromatic carbocycles. The van der Waals surface area contributed by atoms with Gasteiger partial charge in [-0.1, -0.05) is 5.16 Å². The van der Waals surface area contributed by atoms with Gasteiger partial charge in [0.1, 0.15) is 6.26 Å². The third-order valence-electron chi connectivity index (χ3n) is 3.25. The van der Waals surface area contributed by atoms with E-state index in [4.69, 9.17) is 4.74 Å². The predicted molar refractivity (Wildman–Crippen MR) is 50.2 cm³/mol. The molecule has 3 rings (SSSR count). The molecule has 1 N–H and O–H groups in total. The lowest BCUT2D eigenvalue weighted by Gasteiger charge is -2.39. The maximum atomic E-state index is 11.6. The number of hydrogen-bond acceptors (Lipinski definition) is 4. The first-order chi connectivity index (χ1) is 7.34. The highest BCUT2D eigenvalue weighted by molar-refractivity contribution is 5.92. The van der Waals surface area contributed by atoms with E-state index in [-0.39, 0.29) is 11.9 Å². The zero-order valence-electron chi connectivity index (χ0n) is 8.18. The Morgan fingerprint density at radius 3 is 3.27 bits per heavy atom. The van der Waals surface area contributed by atoms with Crippen LogP contribution in [0, 0.1) is 5.92 Å². The summed E-state index contributed by atoms with van der Waals surface area (Å²) in [6, 6.07) is 1.82. The van der Waals surface area contributed by atoms with Crippen LogP contribution in [0.1, 0.15) is 23.3 Å². The molecule has 15 heavy (non-hydrogen) atoms. The van der Waals surface area contributed by atoms with Crippen LogP contribution in [0.4, 0.5) is 0 Å². The fourth-order valence-electron chi connectivity index (χ4n) is 2.34. The minimum absolute atomic E-state index is 0.154. The average molecular weight is 208 g/mol. The molecule has 0 unspecified atom stereocenters. The van der Waals surface area contributed by atoms with Crippen LogP contribution in [0.15, 0.2) is 16.9 Å². The molecule has 1 saturated carbocycles. The molecule has 1 aliphatic carbocycles. The van der Waals surface area contributed by atoms with Gasteiger partial charge in [0.2, 0.25) is 0 Å². The van der Waals surface area contributed by atoms with Gasteiger partial charge >= 0.3 is 0 Å². The molecular weight excluding hydrogens is 196 g/mol. The van der Waals surface area contributed by atoms with E-state index in [9.17, 15) is 4.79 Å². The van der Waals surface area contributed by atoms with Gasteiger partial charge in [0, 0.05) is 24.6 Å². The van der Waals surface area contributed by atoms with Crippen molar-refractivity contribution in [3.63, 3.8) is 0 Å². The average Bonchev–Trinajstić information content (AvgIpc) is 2.82. The van der Waals surface area contributed by atoms with Crippen LogP contribution in [-0.4, -0.2) is 29.8 Å². The first-order valence-corrected chi connectivity index (χ1v) is 5.17. The predicted octanol–water partition coefficient (Wildman–Crippen LogP) is 0.582. The summed E-state index contributed by atoms with van der Waals surface area (Å²) in [4.78, 5) is 11.6. The number of nitrogens with zero attached hydrogens (tertiary/aromatic N) is 1. The van der Waals surface area contributed by atoms with Crippen molar-refractivity contribution in [3.05, 3.63) is 18.0 Å². The number of amides is 1. The SMILES string of the molecule is O=C(N[C@@H]1C[C@H]2OCC[C@@H]12)c1ccon1. The summed E-state index contributed by atoms with van der Waals surface area (Å²) >= 11 is 0. The van der Waals surface area contributed by atoms with E-state index < -0.39 is 0 Å². The number of aromatic nitrogens is 1. The highest BCUT2D eigenvalue weighted by atomic mass is 16.5. The van der Waals surface area contributed by atoms with E-state index >= 15 is 0 Å². The fraction of sp³-hybridized carbons (Fsp3) is 0.600. The number of hydrogen-bond donors (Lipinski definition) is 1. The highest BCUT2D eigenvalue weighted by Gasteiger charge is 2.45. The molecular formula is C10H12N2O3. The molecule has 1 aromatic rings. The summed E-state index contributed by atoms with van der Waals surface area (Å²) < 4.78 is 10.1. The largest absolute Gasteiger partial charge is 0.378 e. The van der Waals surface area contributed by atoms with Crippen LogP contribution < -0.4 is 5.32 Å². The molecule has 1 saturated heterocycles. The van der Waals surface area contributed by atoms with E-state index in [0.29, 0.717) is 17.7 Å². The lowest BCUT2D eigenvalue weighted by molar-refractivity contribution is 0.00798. The maximum Gasteiger partial charge on any atom is 0.273 e. The molecule has 0 bridgehead atoms. The van der Waals surface area contributed by atoms with Crippen LogP contribution in [0.25, 0.3) is 0 Å². The second-order valence-electron chi connectivity index (χ2n) is 4.06. The van der Waals surface area contributed by atoms with Gasteiger partial charge in [0.25, 0.3) is 5.91 Å². The van der Waals surface area contributed by atoms with Crippen molar-refractivity contribution in [2.45, 2.75) is 25.0 Å². The zero-order valence-corrected chi connectivity index (χ0v) is 8.18. The summed E-state index contributed by atoms with van der Waals surface area (Å²) in [5.74, 6) is 0.347. The van der Waals surface area contributed by atoms with Crippen molar-refractivity contribution in [2.75, 3.05) is 6.61 Å². The van der Waals surface area contributed by atoms with Crippen LogP contribution in [0.5, 0.6) is 0 Å². The Hall–Kier alpha value is -1.36. The van der Waals surface area contributed by atoms with Gasteiger partial charge in [-0.05, 0) is 12.8 Å². The van der Waals surface area contributed by atoms with E-state index in [1.807, 2.05) is 0 Å². The van der Waals surface area contributed by atoms with Crippen LogP contribution >= 0.6 is 0 Å². The third kappa shape index (κ3) is 1.43. The Kier molecular flexibility index (Phi) is 1.98. The van der Waals surface area contributed by atoms with Gasteiger partial charge in [-0.25, -0.2) is 0 Å². The molecule has 80 valence electrons. The summed E-state index contributed by atoms with van der Waals surface area (Å²) in [5, 5.41) is 6.54. The molecule has 2 fully saturated rings. The zero-order chi connectivity index (χ0) is 10.3. The minimum Gasteiger partial charge on any atom is -0.378 e. The van der Waals surface area contributed by atoms with E-state index in [1.165, 1.54) is 6.26 Å². The van der Waals surface area contributed by atoms with Crippen molar-refractivity contribution < 1.29 is 14.1 Å². The molecule has 0 radical (unpaired) electrons. The quantitative estimate of drug-likeness (QED) is 0.772. The van der Waals surface area contributed by atoms with Gasteiger partial charge in [-0.15, -0.1) is 0 Å². The van der Waals surface area contributed by atoms with Crippen LogP contribution in [0.2, 0.25) is 0 Å². The number of carbonyl (C=O) groups is 1. The van der Waals surface area contributed by atoms with Crippen LogP contribution in [-0.2, 0) is 4.74 Å². The second-order valence-corrected chi connectivity index (χ2v) is 4.06. The summed E-state index contributed by atoms with van der Waals surface area (Å²) in [7, 11) is 0. The monoisotopic (exact) mass is 208 g/mol. The number of nitrogens with one attached hydrogen (secondary N) is 1. The van der Waals surface area contributed by atoms with Crippen molar-refractivity contribution in [3.8, 4) is 0 Å². The Morgan fingerprint density at radius 1 is 1.60 bits per heavy atom. The van der Waals surface area contributed by atoms with Crippen molar-refractivity contribution in [1.82, 2.24) is 10.5 Å². The molecule has 1 aromatic heterocycles. The van der Waals surface area contributed by atoms with Gasteiger partial charge in [0.15, 0.2) is 5.69 Å². The Labute approximate surface area is 86.8 Å². The normalized spacial score (nSPS) is 33.2. The second kappa shape index (κ2) is 3.34. The molecule has 0 spiro atoms. The summed E-state index contributed by atoms with van der Waals surface area (Å²) in [6.45, 7) is 0.825. The van der Waals surface area contributed by atoms with E-state index in [2.05, 4.69) is 15.0 Å². The highest BCUT2D eigenvalue weighted by Crippen LogP contribution is 2.38. The number of ether oxygens (including phenoxy) is 1. The van der Waals surface area contributed by atoms with Gasteiger partial charge in [-0.2, -0.15) is 0 Å². The molecule has 2 heterocycles. The first kappa shape index (κ1) is 8.91. The molecule has 1 amide bonds. The molecule has 2 aliphatic rings. The van der Waals surface area contributed by atoms with Crippen molar-refractivity contribution in [1.29, 1.82) is 0 Å². The van der Waals surface area contributed by atoms with Crippen molar-refractivity contribution in [2.24, 2.45) is 5.92 Å². The maximum absolute atomic E-state index is 11.6. The standard InChI is InChI=1S/C10H12N2O3/c13-10(7-2-4-15-12-7)11-8-5-9-6(8)1-3-14-9/h2,4,6,8-9H,1,3,5H2,(H,11,13)/t6-,8+,9+/m0/s1. The topological polar surface area (TPSA) is 64.4 Å². The minimum atomic E-state index is -0.154. The van der Waals surface area contributed by atoms with Crippen molar-refractivity contribution >= 4 is 5.91 Å². The number of carbonyl (C=O) groups excluding carboxylic acids is 1.